The van der Waals surface area contributed by atoms with Gasteiger partial charge in [0.2, 0.25) is 0 Å². The van der Waals surface area contributed by atoms with Gasteiger partial charge >= 0.3 is 0 Å². The molecule has 0 fully saturated rings. The molecule has 1 atom stereocenters. The minimum Gasteiger partial charge on any atom is -0.491 e. The fourth-order valence-electron chi connectivity index (χ4n) is 1.13. The maximum absolute atomic E-state index is 8.99. The molecule has 0 aliphatic rings. The van der Waals surface area contributed by atoms with Gasteiger partial charge in [-0.3, -0.25) is 0 Å². The van der Waals surface area contributed by atoms with Crippen LogP contribution >= 0.6 is 0 Å². The molecule has 1 unspecified atom stereocenters. The average molecular weight is 226 g/mol. The van der Waals surface area contributed by atoms with Gasteiger partial charge in [0.15, 0.2) is 0 Å². The van der Waals surface area contributed by atoms with Crippen molar-refractivity contribution in [3.05, 3.63) is 29.8 Å². The van der Waals surface area contributed by atoms with Crippen LogP contribution in [0.3, 0.4) is 0 Å². The van der Waals surface area contributed by atoms with Crippen molar-refractivity contribution in [2.75, 3.05) is 26.4 Å². The molecule has 0 spiro atoms. The Balaban J connectivity index is 2.09. The number of aryl methyl sites for hydroxylation is 1. The van der Waals surface area contributed by atoms with Crippen molar-refractivity contribution in [1.29, 1.82) is 0 Å². The van der Waals surface area contributed by atoms with Gasteiger partial charge in [-0.25, -0.2) is 0 Å². The second-order valence-electron chi connectivity index (χ2n) is 3.57. The summed E-state index contributed by atoms with van der Waals surface area (Å²) < 4.78 is 10.5. The SMILES string of the molecule is Cc1ccc(OCCOCC(O)CO)cc1. The van der Waals surface area contributed by atoms with Crippen LogP contribution in [0.5, 0.6) is 5.75 Å². The molecule has 0 amide bonds. The molecule has 90 valence electrons. The summed E-state index contributed by atoms with van der Waals surface area (Å²) in [6.45, 7) is 2.70. The normalized spacial score (nSPS) is 12.4. The fourth-order valence-corrected chi connectivity index (χ4v) is 1.13. The van der Waals surface area contributed by atoms with Crippen molar-refractivity contribution in [3.63, 3.8) is 0 Å². The van der Waals surface area contributed by atoms with E-state index >= 15 is 0 Å². The van der Waals surface area contributed by atoms with Crippen LogP contribution < -0.4 is 4.74 Å². The van der Waals surface area contributed by atoms with Crippen molar-refractivity contribution in [3.8, 4) is 5.75 Å². The molecule has 0 radical (unpaired) electrons. The first-order valence-corrected chi connectivity index (χ1v) is 5.28. The van der Waals surface area contributed by atoms with Crippen LogP contribution in [0.15, 0.2) is 24.3 Å². The van der Waals surface area contributed by atoms with E-state index in [0.717, 1.165) is 5.75 Å². The van der Waals surface area contributed by atoms with Crippen LogP contribution in [0.25, 0.3) is 0 Å². The summed E-state index contributed by atoms with van der Waals surface area (Å²) >= 11 is 0. The molecular weight excluding hydrogens is 208 g/mol. The van der Waals surface area contributed by atoms with Gasteiger partial charge < -0.3 is 19.7 Å². The van der Waals surface area contributed by atoms with E-state index in [4.69, 9.17) is 19.7 Å². The van der Waals surface area contributed by atoms with E-state index in [1.807, 2.05) is 31.2 Å². The van der Waals surface area contributed by atoms with E-state index in [9.17, 15) is 0 Å². The fraction of sp³-hybridized carbons (Fsp3) is 0.500. The van der Waals surface area contributed by atoms with Crippen molar-refractivity contribution < 1.29 is 19.7 Å². The number of aliphatic hydroxyl groups is 2. The molecule has 4 heteroatoms. The Kier molecular flexibility index (Phi) is 5.85. The largest absolute Gasteiger partial charge is 0.491 e. The highest BCUT2D eigenvalue weighted by molar-refractivity contribution is 5.26. The molecule has 0 aromatic heterocycles. The van der Waals surface area contributed by atoms with Crippen LogP contribution in [0.2, 0.25) is 0 Å². The lowest BCUT2D eigenvalue weighted by molar-refractivity contribution is -0.00138. The number of hydrogen-bond acceptors (Lipinski definition) is 4. The summed E-state index contributed by atoms with van der Waals surface area (Å²) in [5.74, 6) is 0.803. The molecule has 0 saturated carbocycles. The minimum atomic E-state index is -0.806. The molecule has 1 aromatic carbocycles. The van der Waals surface area contributed by atoms with Gasteiger partial charge in [0, 0.05) is 0 Å². The van der Waals surface area contributed by atoms with E-state index in [0.29, 0.717) is 13.2 Å². The number of ether oxygens (including phenoxy) is 2. The average Bonchev–Trinajstić information content (AvgIpc) is 2.31. The van der Waals surface area contributed by atoms with E-state index in [-0.39, 0.29) is 13.2 Å². The van der Waals surface area contributed by atoms with E-state index < -0.39 is 6.10 Å². The zero-order valence-corrected chi connectivity index (χ0v) is 9.43. The Bertz CT molecular complexity index is 284. The van der Waals surface area contributed by atoms with Crippen LogP contribution in [0.1, 0.15) is 5.56 Å². The van der Waals surface area contributed by atoms with Gasteiger partial charge in [-0.2, -0.15) is 0 Å². The lowest BCUT2D eigenvalue weighted by Gasteiger charge is -2.09. The summed E-state index contributed by atoms with van der Waals surface area (Å²) in [4.78, 5) is 0. The van der Waals surface area contributed by atoms with Gasteiger partial charge in [0.1, 0.15) is 18.5 Å². The van der Waals surface area contributed by atoms with Gasteiger partial charge in [-0.1, -0.05) is 17.7 Å². The molecule has 0 aliphatic carbocycles. The van der Waals surface area contributed by atoms with Crippen LogP contribution in [-0.2, 0) is 4.74 Å². The molecule has 4 nitrogen and oxygen atoms in total. The predicted molar refractivity (Wildman–Crippen MR) is 60.6 cm³/mol. The molecule has 0 heterocycles. The molecule has 16 heavy (non-hydrogen) atoms. The zero-order chi connectivity index (χ0) is 11.8. The second-order valence-corrected chi connectivity index (χ2v) is 3.57. The van der Waals surface area contributed by atoms with Crippen LogP contribution in [0, 0.1) is 6.92 Å². The number of aliphatic hydroxyl groups excluding tert-OH is 2. The van der Waals surface area contributed by atoms with Gasteiger partial charge in [-0.05, 0) is 19.1 Å². The minimum absolute atomic E-state index is 0.133. The van der Waals surface area contributed by atoms with Gasteiger partial charge in [0.05, 0.1) is 19.8 Å². The Morgan fingerprint density at radius 3 is 2.50 bits per heavy atom. The number of benzene rings is 1. The molecular formula is C12H18O4. The topological polar surface area (TPSA) is 58.9 Å². The highest BCUT2D eigenvalue weighted by Crippen LogP contribution is 2.10. The summed E-state index contributed by atoms with van der Waals surface area (Å²) in [5.41, 5.74) is 1.19. The lowest BCUT2D eigenvalue weighted by Crippen LogP contribution is -2.21. The second kappa shape index (κ2) is 7.22. The third kappa shape index (κ3) is 5.11. The Morgan fingerprint density at radius 2 is 1.88 bits per heavy atom. The van der Waals surface area contributed by atoms with Crippen LogP contribution in [-0.4, -0.2) is 42.7 Å². The maximum Gasteiger partial charge on any atom is 0.119 e. The lowest BCUT2D eigenvalue weighted by atomic mass is 10.2. The zero-order valence-electron chi connectivity index (χ0n) is 9.43. The predicted octanol–water partition coefficient (Wildman–Crippen LogP) is 0.744. The maximum atomic E-state index is 8.99. The molecule has 0 aliphatic heterocycles. The highest BCUT2D eigenvalue weighted by atomic mass is 16.5. The molecule has 1 rings (SSSR count). The van der Waals surface area contributed by atoms with Gasteiger partial charge in [0.25, 0.3) is 0 Å². The Morgan fingerprint density at radius 1 is 1.19 bits per heavy atom. The van der Waals surface area contributed by atoms with E-state index in [1.165, 1.54) is 5.56 Å². The van der Waals surface area contributed by atoms with Crippen molar-refractivity contribution in [2.24, 2.45) is 0 Å². The van der Waals surface area contributed by atoms with Crippen LogP contribution in [0.4, 0.5) is 0 Å². The first-order valence-electron chi connectivity index (χ1n) is 5.28. The number of hydrogen-bond donors (Lipinski definition) is 2. The number of rotatable bonds is 7. The first-order chi connectivity index (χ1) is 7.72. The quantitative estimate of drug-likeness (QED) is 0.673. The van der Waals surface area contributed by atoms with Crippen molar-refractivity contribution in [2.45, 2.75) is 13.0 Å². The van der Waals surface area contributed by atoms with E-state index in [2.05, 4.69) is 0 Å². The molecule has 0 bridgehead atoms. The Labute approximate surface area is 95.4 Å². The Hall–Kier alpha value is -1.10. The third-order valence-electron chi connectivity index (χ3n) is 2.04. The summed E-state index contributed by atoms with van der Waals surface area (Å²) in [6.07, 6.45) is -0.806. The molecule has 1 aromatic rings. The molecule has 2 N–H and O–H groups in total. The van der Waals surface area contributed by atoms with Gasteiger partial charge in [-0.15, -0.1) is 0 Å². The highest BCUT2D eigenvalue weighted by Gasteiger charge is 2.00. The van der Waals surface area contributed by atoms with Crippen molar-refractivity contribution >= 4 is 0 Å². The first kappa shape index (κ1) is 13.0. The summed E-state index contributed by atoms with van der Waals surface area (Å²) in [5, 5.41) is 17.5. The van der Waals surface area contributed by atoms with E-state index in [1.54, 1.807) is 0 Å². The third-order valence-corrected chi connectivity index (χ3v) is 2.04. The molecule has 0 saturated heterocycles. The van der Waals surface area contributed by atoms with Crippen molar-refractivity contribution in [1.82, 2.24) is 0 Å². The summed E-state index contributed by atoms with van der Waals surface area (Å²) in [6, 6.07) is 7.76. The monoisotopic (exact) mass is 226 g/mol. The smallest absolute Gasteiger partial charge is 0.119 e. The standard InChI is InChI=1S/C12H18O4/c1-10-2-4-12(5-3-10)16-7-6-15-9-11(14)8-13/h2-5,11,13-14H,6-9H2,1H3. The summed E-state index contributed by atoms with van der Waals surface area (Å²) in [7, 11) is 0.